The Hall–Kier alpha value is -11.7. The predicted octanol–water partition coefficient (Wildman–Crippen LogP) is 22.7. The molecule has 4 aromatic carbocycles. The van der Waals surface area contributed by atoms with Crippen molar-refractivity contribution >= 4 is 104 Å². The van der Waals surface area contributed by atoms with Gasteiger partial charge < -0.3 is 84.9 Å². The molecule has 0 radical (unpaired) electrons. The van der Waals surface area contributed by atoms with Crippen LogP contribution in [0.3, 0.4) is 0 Å². The number of unbranched alkanes of at least 4 members (excludes halogenated alkanes) is 9. The largest absolute Gasteiger partial charge is 0.513 e. The van der Waals surface area contributed by atoms with E-state index in [4.69, 9.17) is 89.9 Å². The van der Waals surface area contributed by atoms with Gasteiger partial charge in [-0.2, -0.15) is 0 Å². The van der Waals surface area contributed by atoms with E-state index in [1.54, 1.807) is 103 Å². The van der Waals surface area contributed by atoms with Crippen LogP contribution in [0, 0.1) is 56.3 Å². The van der Waals surface area contributed by atoms with E-state index in [1.165, 1.54) is 68.4 Å². The van der Waals surface area contributed by atoms with Crippen LogP contribution in [0.15, 0.2) is 140 Å². The normalized spacial score (nSPS) is 18.7. The molecule has 2 aromatic heterocycles. The summed E-state index contributed by atoms with van der Waals surface area (Å²) >= 11 is 1.33. The highest BCUT2D eigenvalue weighted by atomic mass is 32.1. The highest BCUT2D eigenvalue weighted by molar-refractivity contribution is 7.22. The summed E-state index contributed by atoms with van der Waals surface area (Å²) in [7, 11) is 8.44. The first-order valence-electron chi connectivity index (χ1n) is 51.0. The Balaban J connectivity index is 0.000000279. The zero-order valence-electron chi connectivity index (χ0n) is 86.8. The summed E-state index contributed by atoms with van der Waals surface area (Å²) in [5.41, 5.74) is 5.02. The summed E-state index contributed by atoms with van der Waals surface area (Å²) in [6, 6.07) is 20.7. The van der Waals surface area contributed by atoms with Gasteiger partial charge in [-0.3, -0.25) is 24.0 Å². The minimum atomic E-state index is -0.775. The van der Waals surface area contributed by atoms with Crippen molar-refractivity contribution in [2.75, 3.05) is 95.0 Å². The number of esters is 9. The number of aromatic nitrogens is 1. The number of carbonyl (C=O) groups is 12. The van der Waals surface area contributed by atoms with Gasteiger partial charge >= 0.3 is 59.9 Å². The maximum absolute atomic E-state index is 13.3. The van der Waals surface area contributed by atoms with E-state index >= 15 is 0 Å². The second-order valence-corrected chi connectivity index (χ2v) is 37.5. The highest BCUT2D eigenvalue weighted by Crippen LogP contribution is 2.45. The molecule has 0 saturated heterocycles. The Morgan fingerprint density at radius 1 is 0.366 bits per heavy atom. The molecule has 5 aliphatic carbocycles. The number of aryl methyl sites for hydroxylation is 3. The van der Waals surface area contributed by atoms with Crippen molar-refractivity contribution in [1.29, 1.82) is 0 Å². The lowest BCUT2D eigenvalue weighted by atomic mass is 9.80. The molecule has 11 rings (SSSR count). The number of Topliss-reactive ketones (excluding diaryl/α,β-unsaturated/α-hetero) is 2. The number of methoxy groups -OCH3 is 5. The smallest absolute Gasteiger partial charge is 0.497 e. The summed E-state index contributed by atoms with van der Waals surface area (Å²) in [6.45, 7) is 29.6. The molecule has 0 amide bonds. The number of hydrogen-bond donors (Lipinski definition) is 0. The van der Waals surface area contributed by atoms with Crippen LogP contribution in [-0.4, -0.2) is 196 Å². The fourth-order valence-electron chi connectivity index (χ4n) is 17.1. The molecule has 0 aliphatic heterocycles. The van der Waals surface area contributed by atoms with E-state index in [1.807, 2.05) is 20.1 Å². The molecule has 0 N–H and O–H groups in total. The van der Waals surface area contributed by atoms with E-state index < -0.39 is 24.1 Å². The third-order valence-electron chi connectivity index (χ3n) is 26.2. The van der Waals surface area contributed by atoms with Gasteiger partial charge in [0, 0.05) is 75.5 Å². The van der Waals surface area contributed by atoms with Crippen LogP contribution in [0.2, 0.25) is 0 Å². The van der Waals surface area contributed by atoms with Gasteiger partial charge in [-0.05, 0) is 317 Å². The monoisotopic (exact) mass is 2040 g/mol. The lowest BCUT2D eigenvalue weighted by Gasteiger charge is -2.27. The predicted molar refractivity (Wildman–Crippen MR) is 551 cm³/mol. The van der Waals surface area contributed by atoms with Crippen molar-refractivity contribution < 1.29 is 142 Å². The number of fused-ring (bicyclic) bond motifs is 2. The van der Waals surface area contributed by atoms with Gasteiger partial charge in [0.1, 0.15) is 44.6 Å². The molecule has 0 atom stereocenters. The topological polar surface area (TPSA) is 388 Å². The van der Waals surface area contributed by atoms with Gasteiger partial charge in [-0.15, -0.1) is 11.3 Å². The number of furan rings is 1. The van der Waals surface area contributed by atoms with Gasteiger partial charge in [0.15, 0.2) is 22.3 Å². The van der Waals surface area contributed by atoms with Gasteiger partial charge in [0.25, 0.3) is 0 Å². The summed E-state index contributed by atoms with van der Waals surface area (Å²) < 4.78 is 95.2. The van der Waals surface area contributed by atoms with Crippen LogP contribution in [0.4, 0.5) is 4.79 Å². The summed E-state index contributed by atoms with van der Waals surface area (Å²) in [5, 5.41) is 1.59. The molecule has 0 spiro atoms. The quantitative estimate of drug-likeness (QED) is 0.00854. The Morgan fingerprint density at radius 3 is 1.17 bits per heavy atom. The first kappa shape index (κ1) is 122. The van der Waals surface area contributed by atoms with Gasteiger partial charge in [-0.25, -0.2) is 38.5 Å². The molecule has 5 saturated carbocycles. The second kappa shape index (κ2) is 70.2. The third-order valence-corrected chi connectivity index (χ3v) is 27.3. The van der Waals surface area contributed by atoms with Crippen LogP contribution in [0.5, 0.6) is 28.7 Å². The van der Waals surface area contributed by atoms with Crippen molar-refractivity contribution in [3.63, 3.8) is 0 Å². The first-order chi connectivity index (χ1) is 70.0. The Bertz CT molecular complexity index is 4910. The molecule has 0 unspecified atom stereocenters. The zero-order valence-corrected chi connectivity index (χ0v) is 87.7. The second-order valence-electron chi connectivity index (χ2n) is 36.5. The van der Waals surface area contributed by atoms with Crippen molar-refractivity contribution in [3.05, 3.63) is 158 Å². The standard InChI is InChI=1S/C36H39NO7S.C16H28O4.C16H28O3.C15H18O6.C15H24O5.C15H18O5/c1-18-16-19(2)27-17-30(42-32(27)20(18)3)34-37-31-28(43-35(40)25-10-6-23(7-11-25)21(4)38)14-15-29(33(31)45-34)44-36(41)26-12-8-24(9-13-26)22(5)39;1-3-16(17)20-13-7-5-4-6-12-19-15-10-8-14(18-2)9-11-15;1-3-16(17)19-13-7-5-4-6-8-14-9-11-15(18-2)12-10-14;1-3-14(16)19-10-4-5-11-20-15(17)21-13-8-6-12(18-2)7-9-13;2*1-3-14(16)19-10-4-5-11-20-15(17)12-6-8-13(18-2)9-7-12/h14-17,23-26H,6-13H2,1-5H3;3,14-15H,1,4-13H2,2H3;3,14-15H,1,4-13H2,2H3;3,6-9H,1,4-5,10-11H2,2H3;3,12-13H,1,4-11H2,2H3;3,6-9H,1,4-5,10-11H2,2H3. The van der Waals surface area contributed by atoms with Gasteiger partial charge in [-0.1, -0.05) is 71.1 Å². The summed E-state index contributed by atoms with van der Waals surface area (Å²) in [5.74, 6) is 0.548. The molecule has 5 aliphatic rings. The van der Waals surface area contributed by atoms with Crippen LogP contribution >= 0.6 is 11.3 Å². The molecule has 798 valence electrons. The number of rotatable bonds is 50. The van der Waals surface area contributed by atoms with Gasteiger partial charge in [0.05, 0.1) is 115 Å². The highest BCUT2D eigenvalue weighted by Gasteiger charge is 2.35. The maximum atomic E-state index is 13.3. The van der Waals surface area contributed by atoms with Crippen molar-refractivity contribution in [3.8, 4) is 39.5 Å². The van der Waals surface area contributed by atoms with Crippen LogP contribution in [0.1, 0.15) is 266 Å². The molecule has 31 nitrogen and oxygen atoms in total. The van der Waals surface area contributed by atoms with E-state index in [2.05, 4.69) is 52.8 Å². The van der Waals surface area contributed by atoms with Crippen molar-refractivity contribution in [2.24, 2.45) is 35.5 Å². The Morgan fingerprint density at radius 2 is 0.724 bits per heavy atom. The van der Waals surface area contributed by atoms with Crippen LogP contribution < -0.4 is 23.7 Å². The molecular weight excluding hydrogens is 1880 g/mol. The molecule has 0 bridgehead atoms. The molecule has 145 heavy (non-hydrogen) atoms. The zero-order chi connectivity index (χ0) is 106. The number of ketones is 2. The molecule has 32 heteroatoms. The van der Waals surface area contributed by atoms with E-state index in [9.17, 15) is 57.5 Å². The number of ether oxygens (including phenoxy) is 17. The SMILES string of the molecule is C=CC(=O)OCCCCCCC1CCC(OC)CC1.C=CC(=O)OCCCCCCOC1CCC(OC)CC1.C=CC(=O)OCCCCOC(=O)C1CCC(OC)CC1.C=CC(=O)OCCCCOC(=O)Oc1ccc(OC)cc1.C=CC(=O)OCCCCOC(=O)c1ccc(OC)cc1.CC(=O)C1CCC(C(=O)Oc2ccc(OC(=O)C3CCC(C(C)=O)CC3)c3sc(-c4cc5c(C)cc(C)c(C)c5o4)nc23)CC1. The minimum absolute atomic E-state index is 0.00760. The van der Waals surface area contributed by atoms with Crippen molar-refractivity contribution in [1.82, 2.24) is 4.98 Å². The molecule has 6 aromatic rings. The third kappa shape index (κ3) is 46.7. The molecule has 2 heterocycles. The fourth-order valence-corrected chi connectivity index (χ4v) is 18.1. The maximum Gasteiger partial charge on any atom is 0.513 e. The number of nitrogens with zero attached hydrogens (tertiary/aromatic N) is 1. The Kier molecular flexibility index (Phi) is 59.0. The summed E-state index contributed by atoms with van der Waals surface area (Å²) in [6.07, 6.45) is 39.0. The lowest BCUT2D eigenvalue weighted by Crippen LogP contribution is -2.28. The number of benzene rings is 4. The first-order valence-corrected chi connectivity index (χ1v) is 51.8. The minimum Gasteiger partial charge on any atom is -0.497 e. The van der Waals surface area contributed by atoms with Crippen LogP contribution in [0.25, 0.3) is 32.0 Å². The molecule has 5 fully saturated rings. The fraction of sp³-hybridized carbons (Fsp3) is 0.566. The number of carbonyl (C=O) groups excluding carboxylic acids is 12. The van der Waals surface area contributed by atoms with Gasteiger partial charge in [0.2, 0.25) is 0 Å². The van der Waals surface area contributed by atoms with Crippen molar-refractivity contribution in [2.45, 2.75) is 284 Å². The van der Waals surface area contributed by atoms with E-state index in [-0.39, 0.29) is 96.8 Å². The average molecular weight is 2040 g/mol. The number of hydrogen-bond acceptors (Lipinski definition) is 32. The van der Waals surface area contributed by atoms with E-state index in [0.717, 1.165) is 148 Å². The summed E-state index contributed by atoms with van der Waals surface area (Å²) in [4.78, 5) is 144. The molecular formula is C113H155NO30S. The average Bonchev–Trinajstić information content (AvgIpc) is 1.61. The van der Waals surface area contributed by atoms with Crippen LogP contribution in [-0.2, 0) is 105 Å². The Labute approximate surface area is 858 Å². The lowest BCUT2D eigenvalue weighted by molar-refractivity contribution is -0.151. The number of thiazole rings is 1. The van der Waals surface area contributed by atoms with E-state index in [0.29, 0.717) is 203 Å².